The number of aliphatic hydroxyl groups is 1. The van der Waals surface area contributed by atoms with E-state index < -0.39 is 0 Å². The highest BCUT2D eigenvalue weighted by molar-refractivity contribution is 5.70. The van der Waals surface area contributed by atoms with E-state index in [1.165, 1.54) is 0 Å². The molecule has 2 heterocycles. The fourth-order valence-corrected chi connectivity index (χ4v) is 1.50. The number of ether oxygens (including phenoxy) is 1. The van der Waals surface area contributed by atoms with Gasteiger partial charge in [0, 0.05) is 6.54 Å². The molecule has 2 saturated heterocycles. The number of cyclic esters (lactones) is 1. The molecule has 2 aliphatic rings. The van der Waals surface area contributed by atoms with Crippen molar-refractivity contribution >= 4 is 6.09 Å². The fraction of sp³-hybridized carbons (Fsp3) is 0.833. The molecule has 2 atom stereocenters. The molecule has 0 saturated carbocycles. The third kappa shape index (κ3) is 0.623. The van der Waals surface area contributed by atoms with Crippen LogP contribution < -0.4 is 0 Å². The zero-order chi connectivity index (χ0) is 7.14. The van der Waals surface area contributed by atoms with Crippen LogP contribution in [0.5, 0.6) is 0 Å². The third-order valence-electron chi connectivity index (χ3n) is 2.12. The van der Waals surface area contributed by atoms with Crippen LogP contribution in [0.3, 0.4) is 0 Å². The van der Waals surface area contributed by atoms with Crippen molar-refractivity contribution < 1.29 is 14.6 Å². The van der Waals surface area contributed by atoms with Crippen LogP contribution in [0.25, 0.3) is 0 Å². The van der Waals surface area contributed by atoms with Crippen LogP contribution in [0.4, 0.5) is 4.79 Å². The predicted molar refractivity (Wildman–Crippen MR) is 32.5 cm³/mol. The number of nitrogens with zero attached hydrogens (tertiary/aromatic N) is 1. The fourth-order valence-electron chi connectivity index (χ4n) is 1.50. The zero-order valence-electron chi connectivity index (χ0n) is 5.49. The Labute approximate surface area is 58.4 Å². The SMILES string of the molecule is O=C1OC[C@@H]2[C@H](O)CCN12. The average molecular weight is 143 g/mol. The molecular formula is C6H9NO3. The molecule has 1 amide bonds. The van der Waals surface area contributed by atoms with Gasteiger partial charge in [-0.2, -0.15) is 0 Å². The van der Waals surface area contributed by atoms with E-state index in [1.807, 2.05) is 0 Å². The molecule has 2 aliphatic heterocycles. The molecular weight excluding hydrogens is 134 g/mol. The van der Waals surface area contributed by atoms with Gasteiger partial charge in [0.05, 0.1) is 12.1 Å². The first-order valence-electron chi connectivity index (χ1n) is 3.40. The molecule has 2 rings (SSSR count). The van der Waals surface area contributed by atoms with Gasteiger partial charge in [-0.3, -0.25) is 4.90 Å². The minimum Gasteiger partial charge on any atom is -0.447 e. The molecule has 0 aromatic carbocycles. The lowest BCUT2D eigenvalue weighted by atomic mass is 10.2. The molecule has 0 aromatic rings. The van der Waals surface area contributed by atoms with E-state index in [1.54, 1.807) is 4.90 Å². The molecule has 0 unspecified atom stereocenters. The van der Waals surface area contributed by atoms with Crippen molar-refractivity contribution in [1.82, 2.24) is 4.90 Å². The van der Waals surface area contributed by atoms with Gasteiger partial charge in [0.2, 0.25) is 0 Å². The number of aliphatic hydroxyl groups excluding tert-OH is 1. The first-order chi connectivity index (χ1) is 4.79. The first-order valence-corrected chi connectivity index (χ1v) is 3.40. The van der Waals surface area contributed by atoms with Gasteiger partial charge >= 0.3 is 6.09 Å². The highest BCUT2D eigenvalue weighted by Crippen LogP contribution is 2.23. The van der Waals surface area contributed by atoms with Crippen molar-refractivity contribution in [3.63, 3.8) is 0 Å². The summed E-state index contributed by atoms with van der Waals surface area (Å²) in [7, 11) is 0. The van der Waals surface area contributed by atoms with Gasteiger partial charge in [-0.25, -0.2) is 4.79 Å². The van der Waals surface area contributed by atoms with Crippen molar-refractivity contribution in [1.29, 1.82) is 0 Å². The summed E-state index contributed by atoms with van der Waals surface area (Å²) in [5.41, 5.74) is 0. The van der Waals surface area contributed by atoms with Crippen LogP contribution in [0.1, 0.15) is 6.42 Å². The van der Waals surface area contributed by atoms with Crippen molar-refractivity contribution in [2.75, 3.05) is 13.2 Å². The molecule has 2 fully saturated rings. The van der Waals surface area contributed by atoms with E-state index in [-0.39, 0.29) is 18.2 Å². The average Bonchev–Trinajstić information content (AvgIpc) is 2.41. The summed E-state index contributed by atoms with van der Waals surface area (Å²) in [6, 6.07) is -0.0625. The van der Waals surface area contributed by atoms with Crippen molar-refractivity contribution in [3.8, 4) is 0 Å². The van der Waals surface area contributed by atoms with Gasteiger partial charge in [0.1, 0.15) is 6.61 Å². The summed E-state index contributed by atoms with van der Waals surface area (Å²) < 4.78 is 4.72. The monoisotopic (exact) mass is 143 g/mol. The molecule has 56 valence electrons. The third-order valence-corrected chi connectivity index (χ3v) is 2.12. The molecule has 10 heavy (non-hydrogen) atoms. The minimum absolute atomic E-state index is 0.0625. The number of amides is 1. The Morgan fingerprint density at radius 3 is 3.20 bits per heavy atom. The standard InChI is InChI=1S/C6H9NO3/c8-5-1-2-7-4(5)3-10-6(7)9/h4-5,8H,1-3H2/t4-,5-/m1/s1. The summed E-state index contributed by atoms with van der Waals surface area (Å²) in [4.78, 5) is 12.4. The van der Waals surface area contributed by atoms with Gasteiger partial charge in [-0.15, -0.1) is 0 Å². The number of hydrogen-bond donors (Lipinski definition) is 1. The quantitative estimate of drug-likeness (QED) is 0.500. The molecule has 0 spiro atoms. The minimum atomic E-state index is -0.369. The molecule has 0 radical (unpaired) electrons. The maximum Gasteiger partial charge on any atom is 0.410 e. The van der Waals surface area contributed by atoms with E-state index in [4.69, 9.17) is 4.74 Å². The maximum absolute atomic E-state index is 10.8. The lowest BCUT2D eigenvalue weighted by molar-refractivity contribution is 0.132. The summed E-state index contributed by atoms with van der Waals surface area (Å²) >= 11 is 0. The number of fused-ring (bicyclic) bond motifs is 1. The second-order valence-electron chi connectivity index (χ2n) is 2.69. The van der Waals surface area contributed by atoms with Gasteiger partial charge in [0.25, 0.3) is 0 Å². The second-order valence-corrected chi connectivity index (χ2v) is 2.69. The highest BCUT2D eigenvalue weighted by Gasteiger charge is 2.42. The van der Waals surface area contributed by atoms with Gasteiger partial charge in [-0.1, -0.05) is 0 Å². The lowest BCUT2D eigenvalue weighted by Crippen LogP contribution is -2.32. The van der Waals surface area contributed by atoms with Gasteiger partial charge in [-0.05, 0) is 6.42 Å². The molecule has 0 bridgehead atoms. The van der Waals surface area contributed by atoms with Crippen LogP contribution in [0.15, 0.2) is 0 Å². The number of rotatable bonds is 0. The van der Waals surface area contributed by atoms with Crippen LogP contribution in [0.2, 0.25) is 0 Å². The number of carbonyl (C=O) groups excluding carboxylic acids is 1. The van der Waals surface area contributed by atoms with Crippen molar-refractivity contribution in [2.45, 2.75) is 18.6 Å². The van der Waals surface area contributed by atoms with Gasteiger partial charge < -0.3 is 9.84 Å². The Balaban J connectivity index is 2.16. The molecule has 0 aromatic heterocycles. The Kier molecular flexibility index (Phi) is 1.11. The first kappa shape index (κ1) is 5.97. The lowest BCUT2D eigenvalue weighted by Gasteiger charge is -2.11. The van der Waals surface area contributed by atoms with Crippen LogP contribution >= 0.6 is 0 Å². The Hall–Kier alpha value is -0.770. The van der Waals surface area contributed by atoms with Crippen molar-refractivity contribution in [3.05, 3.63) is 0 Å². The Morgan fingerprint density at radius 1 is 1.70 bits per heavy atom. The largest absolute Gasteiger partial charge is 0.447 e. The summed E-state index contributed by atoms with van der Waals surface area (Å²) in [6.45, 7) is 1.00. The van der Waals surface area contributed by atoms with Crippen molar-refractivity contribution in [2.24, 2.45) is 0 Å². The summed E-state index contributed by atoms with van der Waals surface area (Å²) in [6.07, 6.45) is 0.0488. The van der Waals surface area contributed by atoms with E-state index in [0.717, 1.165) is 0 Å². The zero-order valence-corrected chi connectivity index (χ0v) is 5.49. The number of hydrogen-bond acceptors (Lipinski definition) is 3. The van der Waals surface area contributed by atoms with Crippen LogP contribution in [0, 0.1) is 0 Å². The molecule has 4 heteroatoms. The Morgan fingerprint density at radius 2 is 2.50 bits per heavy atom. The van der Waals surface area contributed by atoms with E-state index in [2.05, 4.69) is 0 Å². The normalized spacial score (nSPS) is 38.1. The molecule has 0 aliphatic carbocycles. The van der Waals surface area contributed by atoms with E-state index >= 15 is 0 Å². The smallest absolute Gasteiger partial charge is 0.410 e. The molecule has 4 nitrogen and oxygen atoms in total. The molecule has 1 N–H and O–H groups in total. The van der Waals surface area contributed by atoms with Gasteiger partial charge in [0.15, 0.2) is 0 Å². The summed E-state index contributed by atoms with van der Waals surface area (Å²) in [5.74, 6) is 0. The highest BCUT2D eigenvalue weighted by atomic mass is 16.6. The maximum atomic E-state index is 10.8. The van der Waals surface area contributed by atoms with Crippen LogP contribution in [-0.2, 0) is 4.74 Å². The van der Waals surface area contributed by atoms with Crippen LogP contribution in [-0.4, -0.2) is 41.4 Å². The topological polar surface area (TPSA) is 49.8 Å². The second kappa shape index (κ2) is 1.85. The van der Waals surface area contributed by atoms with E-state index in [9.17, 15) is 9.90 Å². The predicted octanol–water partition coefficient (Wildman–Crippen LogP) is -0.428. The number of carbonyl (C=O) groups is 1. The Bertz CT molecular complexity index is 170. The van der Waals surface area contributed by atoms with E-state index in [0.29, 0.717) is 19.6 Å². The summed E-state index contributed by atoms with van der Waals surface area (Å²) in [5, 5.41) is 9.24.